The maximum Gasteiger partial charge on any atom is 0.137 e. The molecule has 0 heterocycles. The van der Waals surface area contributed by atoms with Gasteiger partial charge in [-0.1, -0.05) is 6.07 Å². The molecule has 1 aromatic rings. The molecule has 2 heteroatoms. The van der Waals surface area contributed by atoms with Gasteiger partial charge in [-0.05, 0) is 36.1 Å². The Morgan fingerprint density at radius 1 is 1.23 bits per heavy atom. The second kappa shape index (κ2) is 2.95. The quantitative estimate of drug-likeness (QED) is 0.595. The van der Waals surface area contributed by atoms with Gasteiger partial charge in [0.05, 0.1) is 0 Å². The first-order valence-corrected chi connectivity index (χ1v) is 4.47. The van der Waals surface area contributed by atoms with Gasteiger partial charge in [-0.25, -0.2) is 4.39 Å². The Bertz CT molecular complexity index is 369. The van der Waals surface area contributed by atoms with Gasteiger partial charge in [0.15, 0.2) is 0 Å². The number of hydrogen-bond donors (Lipinski definition) is 0. The molecule has 1 aliphatic carbocycles. The van der Waals surface area contributed by atoms with Crippen LogP contribution in [0.1, 0.15) is 23.1 Å². The van der Waals surface area contributed by atoms with Crippen LogP contribution in [0.15, 0.2) is 12.1 Å². The molecular weight excluding hydrogens is 167 g/mol. The van der Waals surface area contributed by atoms with E-state index in [1.807, 2.05) is 6.92 Å². The van der Waals surface area contributed by atoms with Crippen molar-refractivity contribution in [3.05, 3.63) is 34.6 Å². The standard InChI is InChI=1S/C11H11FO/c1-7-2-5-11(12)10-6-8(13)3-4-9(7)10/h2,5H,3-4,6H2,1H3. The van der Waals surface area contributed by atoms with Gasteiger partial charge >= 0.3 is 0 Å². The van der Waals surface area contributed by atoms with E-state index in [0.717, 1.165) is 11.1 Å². The summed E-state index contributed by atoms with van der Waals surface area (Å²) < 4.78 is 13.3. The van der Waals surface area contributed by atoms with Crippen LogP contribution in [0.2, 0.25) is 0 Å². The van der Waals surface area contributed by atoms with Gasteiger partial charge in [-0.2, -0.15) is 0 Å². The summed E-state index contributed by atoms with van der Waals surface area (Å²) in [4.78, 5) is 11.1. The highest BCUT2D eigenvalue weighted by Gasteiger charge is 2.19. The van der Waals surface area contributed by atoms with Gasteiger partial charge in [0.1, 0.15) is 11.6 Å². The molecule has 0 aromatic heterocycles. The minimum atomic E-state index is -0.228. The fourth-order valence-corrected chi connectivity index (χ4v) is 1.87. The Morgan fingerprint density at radius 3 is 2.77 bits per heavy atom. The molecule has 1 aliphatic rings. The van der Waals surface area contributed by atoms with Crippen molar-refractivity contribution in [1.82, 2.24) is 0 Å². The van der Waals surface area contributed by atoms with Crippen molar-refractivity contribution in [2.24, 2.45) is 0 Å². The van der Waals surface area contributed by atoms with E-state index in [0.29, 0.717) is 18.4 Å². The Hall–Kier alpha value is -1.18. The lowest BCUT2D eigenvalue weighted by Crippen LogP contribution is -2.16. The van der Waals surface area contributed by atoms with Crippen LogP contribution < -0.4 is 0 Å². The third kappa shape index (κ3) is 1.37. The number of fused-ring (bicyclic) bond motifs is 1. The molecule has 2 rings (SSSR count). The summed E-state index contributed by atoms with van der Waals surface area (Å²) in [6, 6.07) is 3.23. The summed E-state index contributed by atoms with van der Waals surface area (Å²) in [5.74, 6) is -0.0781. The fourth-order valence-electron chi connectivity index (χ4n) is 1.87. The molecule has 0 atom stereocenters. The zero-order chi connectivity index (χ0) is 9.42. The molecule has 0 bridgehead atoms. The Kier molecular flexibility index (Phi) is 1.91. The number of carbonyl (C=O) groups is 1. The lowest BCUT2D eigenvalue weighted by atomic mass is 9.87. The zero-order valence-corrected chi connectivity index (χ0v) is 7.56. The van der Waals surface area contributed by atoms with Gasteiger partial charge < -0.3 is 0 Å². The number of aryl methyl sites for hydroxylation is 1. The summed E-state index contributed by atoms with van der Waals surface area (Å²) in [5, 5.41) is 0. The van der Waals surface area contributed by atoms with E-state index >= 15 is 0 Å². The average Bonchev–Trinajstić information content (AvgIpc) is 2.12. The van der Waals surface area contributed by atoms with E-state index in [9.17, 15) is 9.18 Å². The normalized spacial score (nSPS) is 15.7. The average molecular weight is 178 g/mol. The van der Waals surface area contributed by atoms with Crippen LogP contribution in [0, 0.1) is 12.7 Å². The van der Waals surface area contributed by atoms with Gasteiger partial charge in [-0.15, -0.1) is 0 Å². The molecular formula is C11H11FO. The van der Waals surface area contributed by atoms with Crippen LogP contribution in [0.25, 0.3) is 0 Å². The summed E-state index contributed by atoms with van der Waals surface area (Å²) >= 11 is 0. The molecule has 0 fully saturated rings. The zero-order valence-electron chi connectivity index (χ0n) is 7.56. The van der Waals surface area contributed by atoms with Crippen LogP contribution in [-0.4, -0.2) is 5.78 Å². The lowest BCUT2D eigenvalue weighted by molar-refractivity contribution is -0.118. The molecule has 1 nitrogen and oxygen atoms in total. The molecule has 0 aliphatic heterocycles. The number of benzene rings is 1. The molecule has 0 unspecified atom stereocenters. The van der Waals surface area contributed by atoms with Gasteiger partial charge in [-0.3, -0.25) is 4.79 Å². The molecule has 13 heavy (non-hydrogen) atoms. The van der Waals surface area contributed by atoms with Crippen molar-refractivity contribution >= 4 is 5.78 Å². The summed E-state index contributed by atoms with van der Waals surface area (Å²) in [6.45, 7) is 1.97. The highest BCUT2D eigenvalue weighted by molar-refractivity contribution is 5.83. The van der Waals surface area contributed by atoms with Crippen LogP contribution >= 0.6 is 0 Å². The van der Waals surface area contributed by atoms with Gasteiger partial charge in [0, 0.05) is 12.8 Å². The molecule has 0 radical (unpaired) electrons. The monoisotopic (exact) mass is 178 g/mol. The highest BCUT2D eigenvalue weighted by Crippen LogP contribution is 2.24. The second-order valence-corrected chi connectivity index (χ2v) is 3.54. The largest absolute Gasteiger partial charge is 0.299 e. The van der Waals surface area contributed by atoms with E-state index in [2.05, 4.69) is 0 Å². The number of hydrogen-bond acceptors (Lipinski definition) is 1. The van der Waals surface area contributed by atoms with Crippen LogP contribution in [0.3, 0.4) is 0 Å². The van der Waals surface area contributed by atoms with E-state index in [-0.39, 0.29) is 18.0 Å². The number of ketones is 1. The smallest absolute Gasteiger partial charge is 0.137 e. The van der Waals surface area contributed by atoms with Crippen molar-refractivity contribution in [2.45, 2.75) is 26.2 Å². The first kappa shape index (κ1) is 8.42. The number of rotatable bonds is 0. The topological polar surface area (TPSA) is 17.1 Å². The van der Waals surface area contributed by atoms with E-state index in [1.54, 1.807) is 6.07 Å². The second-order valence-electron chi connectivity index (χ2n) is 3.54. The highest BCUT2D eigenvalue weighted by atomic mass is 19.1. The number of Topliss-reactive ketones (excluding diaryl/α,β-unsaturated/α-hetero) is 1. The predicted molar refractivity (Wildman–Crippen MR) is 48.2 cm³/mol. The molecule has 0 amide bonds. The third-order valence-corrected chi connectivity index (χ3v) is 2.64. The van der Waals surface area contributed by atoms with E-state index in [1.165, 1.54) is 6.07 Å². The lowest BCUT2D eigenvalue weighted by Gasteiger charge is -2.17. The Labute approximate surface area is 76.6 Å². The summed E-state index contributed by atoms with van der Waals surface area (Å²) in [5.41, 5.74) is 2.76. The van der Waals surface area contributed by atoms with Crippen molar-refractivity contribution in [3.63, 3.8) is 0 Å². The molecule has 1 aromatic carbocycles. The summed E-state index contributed by atoms with van der Waals surface area (Å²) in [6.07, 6.45) is 1.55. The minimum absolute atomic E-state index is 0.150. The van der Waals surface area contributed by atoms with Crippen LogP contribution in [0.5, 0.6) is 0 Å². The number of halogens is 1. The molecule has 0 saturated heterocycles. The maximum atomic E-state index is 13.3. The predicted octanol–water partition coefficient (Wildman–Crippen LogP) is 2.19. The third-order valence-electron chi connectivity index (χ3n) is 2.64. The van der Waals surface area contributed by atoms with Crippen molar-refractivity contribution < 1.29 is 9.18 Å². The van der Waals surface area contributed by atoms with Crippen molar-refractivity contribution in [2.75, 3.05) is 0 Å². The van der Waals surface area contributed by atoms with Gasteiger partial charge in [0.25, 0.3) is 0 Å². The molecule has 0 spiro atoms. The maximum absolute atomic E-state index is 13.3. The van der Waals surface area contributed by atoms with Crippen molar-refractivity contribution in [1.29, 1.82) is 0 Å². The molecule has 68 valence electrons. The first-order valence-electron chi connectivity index (χ1n) is 4.47. The first-order chi connectivity index (χ1) is 6.18. The van der Waals surface area contributed by atoms with E-state index < -0.39 is 0 Å². The fraction of sp³-hybridized carbons (Fsp3) is 0.364. The van der Waals surface area contributed by atoms with Gasteiger partial charge in [0.2, 0.25) is 0 Å². The minimum Gasteiger partial charge on any atom is -0.299 e. The van der Waals surface area contributed by atoms with Crippen LogP contribution in [0.4, 0.5) is 4.39 Å². The Morgan fingerprint density at radius 2 is 2.00 bits per heavy atom. The molecule has 0 saturated carbocycles. The number of carbonyl (C=O) groups excluding carboxylic acids is 1. The van der Waals surface area contributed by atoms with E-state index in [4.69, 9.17) is 0 Å². The Balaban J connectivity index is 2.57. The van der Waals surface area contributed by atoms with Crippen molar-refractivity contribution in [3.8, 4) is 0 Å². The SMILES string of the molecule is Cc1ccc(F)c2c1CCC(=O)C2. The van der Waals surface area contributed by atoms with Crippen LogP contribution in [-0.2, 0) is 17.6 Å². The summed E-state index contributed by atoms with van der Waals surface area (Å²) in [7, 11) is 0. The molecule has 0 N–H and O–H groups in total.